The summed E-state index contributed by atoms with van der Waals surface area (Å²) in [6, 6.07) is 7.26. The Morgan fingerprint density at radius 2 is 2.11 bits per heavy atom. The molecule has 0 bridgehead atoms. The summed E-state index contributed by atoms with van der Waals surface area (Å²) < 4.78 is 26.5. The van der Waals surface area contributed by atoms with E-state index < -0.39 is 10.0 Å². The third-order valence-electron chi connectivity index (χ3n) is 3.02. The Labute approximate surface area is 125 Å². The minimum Gasteiger partial charge on any atom is -0.313 e. The molecule has 108 valence electrons. The Morgan fingerprint density at radius 1 is 1.37 bits per heavy atom. The second kappa shape index (κ2) is 7.45. The smallest absolute Gasteiger partial charge is 0.215 e. The quantitative estimate of drug-likeness (QED) is 0.870. The van der Waals surface area contributed by atoms with Crippen LogP contribution in [0.25, 0.3) is 0 Å². The van der Waals surface area contributed by atoms with Gasteiger partial charge in [0.05, 0.1) is 5.75 Å². The maximum Gasteiger partial charge on any atom is 0.215 e. The Balaban J connectivity index is 0.00000180. The van der Waals surface area contributed by atoms with Gasteiger partial charge in [0, 0.05) is 17.6 Å². The first-order valence-corrected chi connectivity index (χ1v) is 8.04. The van der Waals surface area contributed by atoms with Crippen LogP contribution in [-0.4, -0.2) is 27.5 Å². The van der Waals surface area contributed by atoms with Crippen molar-refractivity contribution in [3.05, 3.63) is 34.9 Å². The van der Waals surface area contributed by atoms with Crippen molar-refractivity contribution in [2.45, 2.75) is 24.6 Å². The van der Waals surface area contributed by atoms with Gasteiger partial charge in [0.1, 0.15) is 0 Å². The highest BCUT2D eigenvalue weighted by molar-refractivity contribution is 7.88. The molecule has 1 aliphatic rings. The molecule has 0 spiro atoms. The normalized spacial score (nSPS) is 19.1. The van der Waals surface area contributed by atoms with Crippen molar-refractivity contribution in [2.75, 3.05) is 13.1 Å². The summed E-state index contributed by atoms with van der Waals surface area (Å²) in [5.41, 5.74) is 0.631. The summed E-state index contributed by atoms with van der Waals surface area (Å²) >= 11 is 5.95. The van der Waals surface area contributed by atoms with Crippen LogP contribution in [0.1, 0.15) is 18.4 Å². The highest BCUT2D eigenvalue weighted by Gasteiger charge is 2.18. The topological polar surface area (TPSA) is 58.2 Å². The third kappa shape index (κ3) is 5.28. The zero-order valence-electron chi connectivity index (χ0n) is 10.4. The molecule has 7 heteroatoms. The number of hydrogen-bond acceptors (Lipinski definition) is 3. The molecule has 1 aromatic carbocycles. The van der Waals surface area contributed by atoms with Gasteiger partial charge in [-0.1, -0.05) is 29.8 Å². The first kappa shape index (κ1) is 16.7. The molecule has 1 heterocycles. The third-order valence-corrected chi connectivity index (χ3v) is 4.68. The van der Waals surface area contributed by atoms with Crippen molar-refractivity contribution >= 4 is 34.0 Å². The molecule has 0 aliphatic carbocycles. The predicted molar refractivity (Wildman–Crippen MR) is 80.4 cm³/mol. The number of benzene rings is 1. The molecule has 1 aliphatic heterocycles. The van der Waals surface area contributed by atoms with Gasteiger partial charge in [0.15, 0.2) is 0 Å². The molecule has 0 saturated carbocycles. The molecule has 0 aromatic heterocycles. The lowest BCUT2D eigenvalue weighted by Gasteiger charge is -2.12. The van der Waals surface area contributed by atoms with Crippen molar-refractivity contribution in [3.63, 3.8) is 0 Å². The molecule has 0 unspecified atom stereocenters. The van der Waals surface area contributed by atoms with Crippen LogP contribution >= 0.6 is 24.0 Å². The maximum absolute atomic E-state index is 11.9. The van der Waals surface area contributed by atoms with Crippen molar-refractivity contribution < 1.29 is 8.42 Å². The first-order valence-electron chi connectivity index (χ1n) is 6.01. The minimum atomic E-state index is -3.32. The Kier molecular flexibility index (Phi) is 6.56. The Bertz CT molecular complexity index is 502. The molecule has 1 fully saturated rings. The van der Waals surface area contributed by atoms with Gasteiger partial charge >= 0.3 is 0 Å². The highest BCUT2D eigenvalue weighted by Crippen LogP contribution is 2.17. The Morgan fingerprint density at radius 3 is 2.74 bits per heavy atom. The van der Waals surface area contributed by atoms with E-state index in [4.69, 9.17) is 11.6 Å². The van der Waals surface area contributed by atoms with E-state index >= 15 is 0 Å². The summed E-state index contributed by atoms with van der Waals surface area (Å²) in [6.45, 7) is 1.42. The molecule has 2 rings (SSSR count). The molecule has 19 heavy (non-hydrogen) atoms. The van der Waals surface area contributed by atoms with Gasteiger partial charge in [-0.15, -0.1) is 12.4 Å². The number of hydrogen-bond donors (Lipinski definition) is 2. The number of nitrogens with one attached hydrogen (secondary N) is 2. The fourth-order valence-corrected chi connectivity index (χ4v) is 3.53. The fraction of sp³-hybridized carbons (Fsp3) is 0.500. The summed E-state index contributed by atoms with van der Waals surface area (Å²) in [4.78, 5) is 0. The average Bonchev–Trinajstić information content (AvgIpc) is 2.83. The molecule has 1 aromatic rings. The first-order chi connectivity index (χ1) is 8.57. The summed E-state index contributed by atoms with van der Waals surface area (Å²) in [7, 11) is -3.32. The number of rotatable bonds is 5. The van der Waals surface area contributed by atoms with Crippen LogP contribution in [0, 0.1) is 0 Å². The molecule has 1 saturated heterocycles. The lowest BCUT2D eigenvalue weighted by molar-refractivity contribution is 0.551. The van der Waals surface area contributed by atoms with E-state index in [-0.39, 0.29) is 24.2 Å². The van der Waals surface area contributed by atoms with E-state index in [9.17, 15) is 8.42 Å². The highest BCUT2D eigenvalue weighted by atomic mass is 35.5. The zero-order valence-corrected chi connectivity index (χ0v) is 12.8. The average molecular weight is 325 g/mol. The van der Waals surface area contributed by atoms with Crippen LogP contribution in [-0.2, 0) is 15.8 Å². The van der Waals surface area contributed by atoms with Crippen molar-refractivity contribution in [1.29, 1.82) is 0 Å². The maximum atomic E-state index is 11.9. The minimum absolute atomic E-state index is 0. The molecular weight excluding hydrogens is 307 g/mol. The van der Waals surface area contributed by atoms with E-state index in [0.717, 1.165) is 19.4 Å². The van der Waals surface area contributed by atoms with E-state index in [1.165, 1.54) is 0 Å². The molecule has 2 N–H and O–H groups in total. The second-order valence-corrected chi connectivity index (χ2v) is 6.71. The second-order valence-electron chi connectivity index (χ2n) is 4.49. The standard InChI is InChI=1S/C12H17ClN2O2S.ClH/c13-12-6-2-1-4-10(12)9-18(16,17)15-8-11-5-3-7-14-11;/h1-2,4,6,11,14-15H,3,5,7-9H2;1H/t11-;/m0./s1. The summed E-state index contributed by atoms with van der Waals surface area (Å²) in [6.07, 6.45) is 2.13. The van der Waals surface area contributed by atoms with Crippen molar-refractivity contribution in [1.82, 2.24) is 10.0 Å². The van der Waals surface area contributed by atoms with Crippen molar-refractivity contribution in [3.8, 4) is 0 Å². The number of sulfonamides is 1. The van der Waals surface area contributed by atoms with Gasteiger partial charge in [-0.3, -0.25) is 0 Å². The molecule has 0 radical (unpaired) electrons. The van der Waals surface area contributed by atoms with Gasteiger partial charge in [-0.2, -0.15) is 0 Å². The van der Waals surface area contributed by atoms with Gasteiger partial charge in [-0.25, -0.2) is 13.1 Å². The SMILES string of the molecule is Cl.O=S(=O)(Cc1ccccc1Cl)NC[C@@H]1CCCN1. The van der Waals surface area contributed by atoms with Gasteiger partial charge < -0.3 is 5.32 Å². The molecule has 1 atom stereocenters. The molecular formula is C12H18Cl2N2O2S. The fourth-order valence-electron chi connectivity index (χ4n) is 2.03. The van der Waals surface area contributed by atoms with Crippen LogP contribution in [0.3, 0.4) is 0 Å². The van der Waals surface area contributed by atoms with Crippen LogP contribution in [0.15, 0.2) is 24.3 Å². The number of halogens is 2. The zero-order chi connectivity index (χ0) is 13.0. The Hall–Kier alpha value is -0.330. The largest absolute Gasteiger partial charge is 0.313 e. The summed E-state index contributed by atoms with van der Waals surface area (Å²) in [5.74, 6) is -0.0700. The van der Waals surface area contributed by atoms with Crippen LogP contribution < -0.4 is 10.0 Å². The van der Waals surface area contributed by atoms with Gasteiger partial charge in [0.25, 0.3) is 0 Å². The van der Waals surface area contributed by atoms with Gasteiger partial charge in [-0.05, 0) is 31.0 Å². The lowest BCUT2D eigenvalue weighted by atomic mass is 10.2. The van der Waals surface area contributed by atoms with Crippen LogP contribution in [0.4, 0.5) is 0 Å². The van der Waals surface area contributed by atoms with Crippen LogP contribution in [0.2, 0.25) is 5.02 Å². The lowest BCUT2D eigenvalue weighted by Crippen LogP contribution is -2.37. The summed E-state index contributed by atoms with van der Waals surface area (Å²) in [5, 5.41) is 3.74. The van der Waals surface area contributed by atoms with Gasteiger partial charge in [0.2, 0.25) is 10.0 Å². The van der Waals surface area contributed by atoms with Crippen molar-refractivity contribution in [2.24, 2.45) is 0 Å². The monoisotopic (exact) mass is 324 g/mol. The van der Waals surface area contributed by atoms with Crippen LogP contribution in [0.5, 0.6) is 0 Å². The van der Waals surface area contributed by atoms with E-state index in [0.29, 0.717) is 17.1 Å². The predicted octanol–water partition coefficient (Wildman–Crippen LogP) is 1.93. The van der Waals surface area contributed by atoms with E-state index in [2.05, 4.69) is 10.0 Å². The molecule has 4 nitrogen and oxygen atoms in total. The van der Waals surface area contributed by atoms with E-state index in [1.54, 1.807) is 24.3 Å². The van der Waals surface area contributed by atoms with E-state index in [1.807, 2.05) is 0 Å². The molecule has 0 amide bonds.